The molecule has 0 atom stereocenters. The summed E-state index contributed by atoms with van der Waals surface area (Å²) < 4.78 is 23.8. The lowest BCUT2D eigenvalue weighted by atomic mass is 10.1. The van der Waals surface area contributed by atoms with E-state index in [4.69, 9.17) is 0 Å². The zero-order valence-corrected chi connectivity index (χ0v) is 17.5. The first-order chi connectivity index (χ1) is 14.3. The molecule has 0 unspecified atom stereocenters. The predicted octanol–water partition coefficient (Wildman–Crippen LogP) is 4.29. The van der Waals surface area contributed by atoms with Crippen LogP contribution in [0.15, 0.2) is 77.7 Å². The van der Waals surface area contributed by atoms with Crippen LogP contribution < -0.4 is 10.6 Å². The van der Waals surface area contributed by atoms with E-state index in [1.54, 1.807) is 49.4 Å². The number of carbonyl (C=O) groups is 2. The number of nitrogens with one attached hydrogen (secondary N) is 2. The Kier molecular flexibility index (Phi) is 6.32. The highest BCUT2D eigenvalue weighted by Crippen LogP contribution is 2.20. The number of rotatable bonds is 6. The maximum atomic E-state index is 12.8. The summed E-state index contributed by atoms with van der Waals surface area (Å²) in [6, 6.07) is 19.8. The fourth-order valence-corrected chi connectivity index (χ4v) is 3.77. The van der Waals surface area contributed by atoms with Gasteiger partial charge in [0.15, 0.2) is 9.84 Å². The fourth-order valence-electron chi connectivity index (χ4n) is 2.88. The van der Waals surface area contributed by atoms with Gasteiger partial charge in [0.05, 0.1) is 21.9 Å². The normalized spacial score (nSPS) is 11.0. The SMILES string of the molecule is CCS(=O)(=O)c1ccc(NC(=O)c2ccccc2NC(=O)c2cccc(C)c2)cc1. The van der Waals surface area contributed by atoms with Gasteiger partial charge in [-0.25, -0.2) is 8.42 Å². The van der Waals surface area contributed by atoms with Gasteiger partial charge in [0, 0.05) is 11.3 Å². The second-order valence-electron chi connectivity index (χ2n) is 6.75. The minimum absolute atomic E-state index is 0.00666. The second-order valence-corrected chi connectivity index (χ2v) is 9.03. The largest absolute Gasteiger partial charge is 0.322 e. The third kappa shape index (κ3) is 4.93. The zero-order valence-electron chi connectivity index (χ0n) is 16.7. The molecule has 0 aliphatic carbocycles. The highest BCUT2D eigenvalue weighted by molar-refractivity contribution is 7.91. The van der Waals surface area contributed by atoms with Crippen LogP contribution in [-0.4, -0.2) is 26.0 Å². The summed E-state index contributed by atoms with van der Waals surface area (Å²) in [4.78, 5) is 25.5. The first-order valence-electron chi connectivity index (χ1n) is 9.41. The van der Waals surface area contributed by atoms with Gasteiger partial charge in [-0.1, -0.05) is 36.8 Å². The molecule has 2 amide bonds. The van der Waals surface area contributed by atoms with Gasteiger partial charge >= 0.3 is 0 Å². The van der Waals surface area contributed by atoms with E-state index in [-0.39, 0.29) is 16.6 Å². The van der Waals surface area contributed by atoms with Crippen LogP contribution >= 0.6 is 0 Å². The Labute approximate surface area is 175 Å². The van der Waals surface area contributed by atoms with Gasteiger partial charge in [-0.15, -0.1) is 0 Å². The Balaban J connectivity index is 1.78. The van der Waals surface area contributed by atoms with E-state index < -0.39 is 15.7 Å². The lowest BCUT2D eigenvalue weighted by Gasteiger charge is -2.12. The van der Waals surface area contributed by atoms with Crippen LogP contribution in [0.3, 0.4) is 0 Å². The van der Waals surface area contributed by atoms with Crippen molar-refractivity contribution in [2.45, 2.75) is 18.7 Å². The molecule has 0 saturated carbocycles. The number of hydrogen-bond acceptors (Lipinski definition) is 4. The highest BCUT2D eigenvalue weighted by Gasteiger charge is 2.15. The molecule has 0 spiro atoms. The van der Waals surface area contributed by atoms with Crippen LogP contribution in [0.5, 0.6) is 0 Å². The third-order valence-electron chi connectivity index (χ3n) is 4.55. The molecule has 0 fully saturated rings. The van der Waals surface area contributed by atoms with Crippen molar-refractivity contribution in [2.24, 2.45) is 0 Å². The molecule has 0 aromatic heterocycles. The monoisotopic (exact) mass is 422 g/mol. The number of carbonyl (C=O) groups excluding carboxylic acids is 2. The number of anilines is 2. The van der Waals surface area contributed by atoms with Gasteiger partial charge in [-0.3, -0.25) is 9.59 Å². The van der Waals surface area contributed by atoms with E-state index in [9.17, 15) is 18.0 Å². The van der Waals surface area contributed by atoms with Crippen molar-refractivity contribution in [1.82, 2.24) is 0 Å². The average molecular weight is 423 g/mol. The van der Waals surface area contributed by atoms with Crippen molar-refractivity contribution in [2.75, 3.05) is 16.4 Å². The van der Waals surface area contributed by atoms with Crippen LogP contribution in [-0.2, 0) is 9.84 Å². The zero-order chi connectivity index (χ0) is 21.7. The van der Waals surface area contributed by atoms with E-state index in [0.29, 0.717) is 22.5 Å². The van der Waals surface area contributed by atoms with Gasteiger partial charge in [0.2, 0.25) is 0 Å². The molecule has 3 aromatic carbocycles. The molecule has 154 valence electrons. The molecule has 0 heterocycles. The quantitative estimate of drug-likeness (QED) is 0.620. The molecular formula is C23H22N2O4S. The van der Waals surface area contributed by atoms with Gasteiger partial charge < -0.3 is 10.6 Å². The maximum Gasteiger partial charge on any atom is 0.257 e. The van der Waals surface area contributed by atoms with Gasteiger partial charge in [0.1, 0.15) is 0 Å². The standard InChI is InChI=1S/C23H22N2O4S/c1-3-30(28,29)19-13-11-18(12-14-19)24-23(27)20-9-4-5-10-21(20)25-22(26)17-8-6-7-16(2)15-17/h4-15H,3H2,1-2H3,(H,24,27)(H,25,26). The summed E-state index contributed by atoms with van der Waals surface area (Å²) in [6.45, 7) is 3.47. The molecule has 3 rings (SSSR count). The topological polar surface area (TPSA) is 92.3 Å². The summed E-state index contributed by atoms with van der Waals surface area (Å²) in [5.41, 5.74) is 2.59. The van der Waals surface area contributed by atoms with Crippen molar-refractivity contribution in [3.8, 4) is 0 Å². The van der Waals surface area contributed by atoms with Crippen LogP contribution in [0.4, 0.5) is 11.4 Å². The fraction of sp³-hybridized carbons (Fsp3) is 0.130. The van der Waals surface area contributed by atoms with E-state index in [1.807, 2.05) is 13.0 Å². The van der Waals surface area contributed by atoms with Crippen molar-refractivity contribution in [1.29, 1.82) is 0 Å². The van der Waals surface area contributed by atoms with Gasteiger partial charge in [-0.05, 0) is 55.5 Å². The minimum atomic E-state index is -3.31. The maximum absolute atomic E-state index is 12.8. The number of benzene rings is 3. The first kappa shape index (κ1) is 21.3. The van der Waals surface area contributed by atoms with Crippen molar-refractivity contribution in [3.63, 3.8) is 0 Å². The minimum Gasteiger partial charge on any atom is -0.322 e. The lowest BCUT2D eigenvalue weighted by Crippen LogP contribution is -2.18. The van der Waals surface area contributed by atoms with Crippen molar-refractivity contribution >= 4 is 33.0 Å². The van der Waals surface area contributed by atoms with Gasteiger partial charge in [0.25, 0.3) is 11.8 Å². The number of aryl methyl sites for hydroxylation is 1. The highest BCUT2D eigenvalue weighted by atomic mass is 32.2. The molecule has 0 bridgehead atoms. The Bertz CT molecular complexity index is 1190. The van der Waals surface area contributed by atoms with Crippen LogP contribution in [0.2, 0.25) is 0 Å². The number of sulfone groups is 1. The molecule has 6 nitrogen and oxygen atoms in total. The van der Waals surface area contributed by atoms with Crippen LogP contribution in [0.25, 0.3) is 0 Å². The van der Waals surface area contributed by atoms with Crippen LogP contribution in [0, 0.1) is 6.92 Å². The Morgan fingerprint density at radius 1 is 0.833 bits per heavy atom. The third-order valence-corrected chi connectivity index (χ3v) is 6.30. The van der Waals surface area contributed by atoms with Gasteiger partial charge in [-0.2, -0.15) is 0 Å². The van der Waals surface area contributed by atoms with Crippen molar-refractivity contribution < 1.29 is 18.0 Å². The molecule has 0 aliphatic heterocycles. The molecule has 0 saturated heterocycles. The summed E-state index contributed by atoms with van der Waals surface area (Å²) in [7, 11) is -3.31. The summed E-state index contributed by atoms with van der Waals surface area (Å²) in [5.74, 6) is -0.721. The molecule has 0 radical (unpaired) electrons. The number of amides is 2. The molecule has 0 aliphatic rings. The second kappa shape index (κ2) is 8.92. The average Bonchev–Trinajstić information content (AvgIpc) is 2.74. The smallest absolute Gasteiger partial charge is 0.257 e. The summed E-state index contributed by atoms with van der Waals surface area (Å²) in [6.07, 6.45) is 0. The molecule has 3 aromatic rings. The molecule has 30 heavy (non-hydrogen) atoms. The Morgan fingerprint density at radius 2 is 1.53 bits per heavy atom. The van der Waals surface area contributed by atoms with E-state index in [2.05, 4.69) is 10.6 Å². The number of para-hydroxylation sites is 1. The van der Waals surface area contributed by atoms with E-state index in [0.717, 1.165) is 5.56 Å². The van der Waals surface area contributed by atoms with E-state index in [1.165, 1.54) is 24.3 Å². The van der Waals surface area contributed by atoms with Crippen molar-refractivity contribution in [3.05, 3.63) is 89.5 Å². The predicted molar refractivity (Wildman–Crippen MR) is 118 cm³/mol. The molecular weight excluding hydrogens is 400 g/mol. The van der Waals surface area contributed by atoms with Crippen LogP contribution in [0.1, 0.15) is 33.2 Å². The number of hydrogen-bond donors (Lipinski definition) is 2. The Hall–Kier alpha value is -3.45. The van der Waals surface area contributed by atoms with E-state index >= 15 is 0 Å². The lowest BCUT2D eigenvalue weighted by molar-refractivity contribution is 0.102. The molecule has 7 heteroatoms. The summed E-state index contributed by atoms with van der Waals surface area (Å²) >= 11 is 0. The summed E-state index contributed by atoms with van der Waals surface area (Å²) in [5, 5.41) is 5.51. The first-order valence-corrected chi connectivity index (χ1v) is 11.1. The Morgan fingerprint density at radius 3 is 2.20 bits per heavy atom. The molecule has 2 N–H and O–H groups in total.